The molecule has 0 aliphatic heterocycles. The quantitative estimate of drug-likeness (QED) is 0.785. The standard InChI is InChI=1S/C12H18N2O2S.ClH/c13-10-3-1-2-9(10)12(16)14-6-11(15)8-4-5-17-7-8;/h4-5,7,9-11,15H,1-3,6,13H2,(H,14,16);1H. The first kappa shape index (κ1) is 15.4. The van der Waals surface area contributed by atoms with Crippen molar-refractivity contribution in [3.63, 3.8) is 0 Å². The van der Waals surface area contributed by atoms with Crippen LogP contribution < -0.4 is 11.1 Å². The van der Waals surface area contributed by atoms with Crippen LogP contribution in [0.1, 0.15) is 30.9 Å². The summed E-state index contributed by atoms with van der Waals surface area (Å²) in [5.41, 5.74) is 6.71. The van der Waals surface area contributed by atoms with Gasteiger partial charge in [0, 0.05) is 12.6 Å². The van der Waals surface area contributed by atoms with Gasteiger partial charge in [-0.1, -0.05) is 6.42 Å². The number of rotatable bonds is 4. The van der Waals surface area contributed by atoms with Crippen LogP contribution in [0.5, 0.6) is 0 Å². The molecule has 1 aliphatic rings. The fourth-order valence-corrected chi connectivity index (χ4v) is 2.93. The maximum absolute atomic E-state index is 11.8. The fourth-order valence-electron chi connectivity index (χ4n) is 2.23. The van der Waals surface area contributed by atoms with Gasteiger partial charge >= 0.3 is 0 Å². The smallest absolute Gasteiger partial charge is 0.224 e. The number of aliphatic hydroxyl groups is 1. The van der Waals surface area contributed by atoms with E-state index >= 15 is 0 Å². The zero-order valence-corrected chi connectivity index (χ0v) is 11.7. The van der Waals surface area contributed by atoms with Crippen LogP contribution in [0.4, 0.5) is 0 Å². The summed E-state index contributed by atoms with van der Waals surface area (Å²) in [6, 6.07) is 1.84. The number of hydrogen-bond donors (Lipinski definition) is 3. The summed E-state index contributed by atoms with van der Waals surface area (Å²) in [6.45, 7) is 0.263. The van der Waals surface area contributed by atoms with Gasteiger partial charge < -0.3 is 16.2 Å². The summed E-state index contributed by atoms with van der Waals surface area (Å²) < 4.78 is 0. The van der Waals surface area contributed by atoms with Crippen LogP contribution in [-0.2, 0) is 4.79 Å². The molecular formula is C12H19ClN2O2S. The van der Waals surface area contributed by atoms with E-state index in [1.165, 1.54) is 11.3 Å². The number of carbonyl (C=O) groups is 1. The monoisotopic (exact) mass is 290 g/mol. The molecule has 1 aromatic rings. The van der Waals surface area contributed by atoms with Crippen molar-refractivity contribution < 1.29 is 9.90 Å². The minimum atomic E-state index is -0.622. The van der Waals surface area contributed by atoms with Crippen molar-refractivity contribution >= 4 is 29.7 Å². The predicted molar refractivity (Wildman–Crippen MR) is 74.9 cm³/mol. The largest absolute Gasteiger partial charge is 0.387 e. The summed E-state index contributed by atoms with van der Waals surface area (Å²) >= 11 is 1.54. The minimum absolute atomic E-state index is 0. The van der Waals surface area contributed by atoms with E-state index in [9.17, 15) is 9.90 Å². The molecule has 0 spiro atoms. The second kappa shape index (κ2) is 7.09. The highest BCUT2D eigenvalue weighted by molar-refractivity contribution is 7.07. The summed E-state index contributed by atoms with van der Waals surface area (Å²) in [5, 5.41) is 16.4. The van der Waals surface area contributed by atoms with E-state index in [-0.39, 0.29) is 36.8 Å². The van der Waals surface area contributed by atoms with Crippen molar-refractivity contribution in [2.45, 2.75) is 31.4 Å². The van der Waals surface area contributed by atoms with Crippen molar-refractivity contribution in [2.75, 3.05) is 6.54 Å². The summed E-state index contributed by atoms with van der Waals surface area (Å²) in [7, 11) is 0. The number of nitrogens with one attached hydrogen (secondary N) is 1. The highest BCUT2D eigenvalue weighted by Gasteiger charge is 2.30. The highest BCUT2D eigenvalue weighted by Crippen LogP contribution is 2.24. The van der Waals surface area contributed by atoms with Crippen molar-refractivity contribution in [3.05, 3.63) is 22.4 Å². The molecule has 1 amide bonds. The molecule has 18 heavy (non-hydrogen) atoms. The zero-order chi connectivity index (χ0) is 12.3. The van der Waals surface area contributed by atoms with Gasteiger partial charge in [-0.2, -0.15) is 11.3 Å². The van der Waals surface area contributed by atoms with Crippen LogP contribution in [0, 0.1) is 5.92 Å². The first-order valence-corrected chi connectivity index (χ1v) is 6.86. The molecule has 0 radical (unpaired) electrons. The van der Waals surface area contributed by atoms with Gasteiger partial charge in [0.25, 0.3) is 0 Å². The molecule has 1 heterocycles. The van der Waals surface area contributed by atoms with Crippen molar-refractivity contribution in [1.82, 2.24) is 5.32 Å². The van der Waals surface area contributed by atoms with Crippen LogP contribution in [0.15, 0.2) is 16.8 Å². The molecule has 0 saturated heterocycles. The Morgan fingerprint density at radius 3 is 2.94 bits per heavy atom. The van der Waals surface area contributed by atoms with Crippen LogP contribution in [0.3, 0.4) is 0 Å². The van der Waals surface area contributed by atoms with Gasteiger partial charge in [-0.25, -0.2) is 0 Å². The number of nitrogens with two attached hydrogens (primary N) is 1. The van der Waals surface area contributed by atoms with E-state index in [0.717, 1.165) is 24.8 Å². The second-order valence-electron chi connectivity index (χ2n) is 4.52. The minimum Gasteiger partial charge on any atom is -0.387 e. The Morgan fingerprint density at radius 2 is 2.39 bits per heavy atom. The first-order valence-electron chi connectivity index (χ1n) is 5.92. The summed E-state index contributed by atoms with van der Waals surface area (Å²) in [6.07, 6.45) is 2.18. The van der Waals surface area contributed by atoms with Crippen LogP contribution >= 0.6 is 23.7 Å². The first-order chi connectivity index (χ1) is 8.18. The topological polar surface area (TPSA) is 75.4 Å². The van der Waals surface area contributed by atoms with E-state index in [0.29, 0.717) is 0 Å². The molecular weight excluding hydrogens is 272 g/mol. The van der Waals surface area contributed by atoms with E-state index in [4.69, 9.17) is 5.73 Å². The lowest BCUT2D eigenvalue weighted by Gasteiger charge is -2.16. The average molecular weight is 291 g/mol. The molecule has 4 N–H and O–H groups in total. The lowest BCUT2D eigenvalue weighted by atomic mass is 10.0. The molecule has 2 rings (SSSR count). The number of thiophene rings is 1. The van der Waals surface area contributed by atoms with Crippen LogP contribution in [0.25, 0.3) is 0 Å². The van der Waals surface area contributed by atoms with Crippen molar-refractivity contribution in [3.8, 4) is 0 Å². The van der Waals surface area contributed by atoms with Gasteiger partial charge in [0.1, 0.15) is 0 Å². The Morgan fingerprint density at radius 1 is 1.61 bits per heavy atom. The third kappa shape index (κ3) is 3.68. The Labute approximate surface area is 117 Å². The normalized spacial score (nSPS) is 24.3. The molecule has 0 aromatic carbocycles. The molecule has 3 unspecified atom stereocenters. The Balaban J connectivity index is 0.00000162. The summed E-state index contributed by atoms with van der Waals surface area (Å²) in [5.74, 6) is -0.103. The van der Waals surface area contributed by atoms with Crippen LogP contribution in [-0.4, -0.2) is 23.6 Å². The molecule has 1 aliphatic carbocycles. The van der Waals surface area contributed by atoms with Gasteiger partial charge in [-0.15, -0.1) is 12.4 Å². The average Bonchev–Trinajstić information content (AvgIpc) is 2.95. The Bertz CT molecular complexity index is 372. The second-order valence-corrected chi connectivity index (χ2v) is 5.30. The fraction of sp³-hybridized carbons (Fsp3) is 0.583. The van der Waals surface area contributed by atoms with E-state index < -0.39 is 6.10 Å². The van der Waals surface area contributed by atoms with E-state index in [2.05, 4.69) is 5.32 Å². The number of halogens is 1. The number of amides is 1. The zero-order valence-electron chi connectivity index (χ0n) is 10.0. The van der Waals surface area contributed by atoms with Gasteiger partial charge in [-0.05, 0) is 35.2 Å². The number of aliphatic hydroxyl groups excluding tert-OH is 1. The van der Waals surface area contributed by atoms with Gasteiger partial charge in [-0.3, -0.25) is 4.79 Å². The van der Waals surface area contributed by atoms with Gasteiger partial charge in [0.05, 0.1) is 12.0 Å². The number of hydrogen-bond acceptors (Lipinski definition) is 4. The van der Waals surface area contributed by atoms with Crippen molar-refractivity contribution in [1.29, 1.82) is 0 Å². The van der Waals surface area contributed by atoms with E-state index in [1.807, 2.05) is 16.8 Å². The molecule has 1 aromatic heterocycles. The maximum atomic E-state index is 11.8. The SMILES string of the molecule is Cl.NC1CCCC1C(=O)NCC(O)c1ccsc1. The van der Waals surface area contributed by atoms with E-state index in [1.54, 1.807) is 0 Å². The molecule has 1 saturated carbocycles. The molecule has 3 atom stereocenters. The van der Waals surface area contributed by atoms with Crippen LogP contribution in [0.2, 0.25) is 0 Å². The predicted octanol–water partition coefficient (Wildman–Crippen LogP) is 1.45. The third-order valence-electron chi connectivity index (χ3n) is 3.30. The van der Waals surface area contributed by atoms with Crippen molar-refractivity contribution in [2.24, 2.45) is 11.7 Å². The Kier molecular flexibility index (Phi) is 6.08. The molecule has 6 heteroatoms. The number of carbonyl (C=O) groups excluding carboxylic acids is 1. The van der Waals surface area contributed by atoms with Gasteiger partial charge in [0.2, 0.25) is 5.91 Å². The lowest BCUT2D eigenvalue weighted by Crippen LogP contribution is -2.40. The van der Waals surface area contributed by atoms with Gasteiger partial charge in [0.15, 0.2) is 0 Å². The third-order valence-corrected chi connectivity index (χ3v) is 4.01. The Hall–Kier alpha value is -0.620. The highest BCUT2D eigenvalue weighted by atomic mass is 35.5. The maximum Gasteiger partial charge on any atom is 0.224 e. The lowest BCUT2D eigenvalue weighted by molar-refractivity contribution is -0.125. The molecule has 4 nitrogen and oxygen atoms in total. The molecule has 102 valence electrons. The molecule has 1 fully saturated rings. The summed E-state index contributed by atoms with van der Waals surface area (Å²) in [4.78, 5) is 11.8. The molecule has 0 bridgehead atoms.